The van der Waals surface area contributed by atoms with Crippen LogP contribution in [0.4, 0.5) is 0 Å². The number of aliphatic hydroxyl groups excluding tert-OH is 1. The van der Waals surface area contributed by atoms with Gasteiger partial charge in [0.1, 0.15) is 35.3 Å². The third kappa shape index (κ3) is 8.55. The highest BCUT2D eigenvalue weighted by atomic mass is 16.5. The third-order valence-corrected chi connectivity index (χ3v) is 6.40. The standard InChI is InChI=1S/C27H40N2O7/c1-3-4-5-7-12-19(13-8-6-9-15-22(31)25(28)32)36-27(34)20-14-11-18-29(20)26(33)24-21(30)16-10-17-23(24)35-2/h10-11,16-20,22,30-31H,3-9,12-15H2,1-2H3,(H2,28,32)/t19?,20-,22?/m0/s1. The van der Waals surface area contributed by atoms with Crippen molar-refractivity contribution in [2.24, 2.45) is 5.73 Å². The number of rotatable bonds is 16. The van der Waals surface area contributed by atoms with Gasteiger partial charge in [0.15, 0.2) is 0 Å². The number of methoxy groups -OCH3 is 1. The van der Waals surface area contributed by atoms with E-state index in [4.69, 9.17) is 15.2 Å². The Labute approximate surface area is 213 Å². The minimum Gasteiger partial charge on any atom is -0.507 e. The number of aliphatic hydroxyl groups is 1. The first-order valence-electron chi connectivity index (χ1n) is 12.8. The van der Waals surface area contributed by atoms with Crippen molar-refractivity contribution in [3.05, 3.63) is 36.0 Å². The predicted octanol–water partition coefficient (Wildman–Crippen LogP) is 3.81. The summed E-state index contributed by atoms with van der Waals surface area (Å²) in [6.07, 6.45) is 10.3. The number of benzene rings is 1. The fraction of sp³-hybridized carbons (Fsp3) is 0.593. The molecular formula is C27H40N2O7. The van der Waals surface area contributed by atoms with E-state index in [2.05, 4.69) is 6.92 Å². The van der Waals surface area contributed by atoms with Gasteiger partial charge in [-0.3, -0.25) is 9.59 Å². The van der Waals surface area contributed by atoms with Crippen LogP contribution in [0.5, 0.6) is 11.5 Å². The van der Waals surface area contributed by atoms with Crippen LogP contribution in [0.3, 0.4) is 0 Å². The number of unbranched alkanes of at least 4 members (excludes halogenated alkanes) is 5. The molecule has 0 bridgehead atoms. The van der Waals surface area contributed by atoms with Crippen molar-refractivity contribution in [3.8, 4) is 11.5 Å². The number of phenols is 1. The molecule has 3 atom stereocenters. The second kappa shape index (κ2) is 15.1. The summed E-state index contributed by atoms with van der Waals surface area (Å²) in [5.74, 6) is -1.73. The number of carbonyl (C=O) groups excluding carboxylic acids is 3. The van der Waals surface area contributed by atoms with Crippen molar-refractivity contribution in [1.29, 1.82) is 0 Å². The number of primary amides is 1. The average molecular weight is 505 g/mol. The Balaban J connectivity index is 2.00. The van der Waals surface area contributed by atoms with E-state index in [0.29, 0.717) is 25.7 Å². The Morgan fingerprint density at radius 3 is 2.39 bits per heavy atom. The van der Waals surface area contributed by atoms with Crippen LogP contribution in [0.2, 0.25) is 0 Å². The topological polar surface area (TPSA) is 139 Å². The van der Waals surface area contributed by atoms with Crippen molar-refractivity contribution in [1.82, 2.24) is 4.90 Å². The molecule has 2 amide bonds. The van der Waals surface area contributed by atoms with Crippen LogP contribution < -0.4 is 10.5 Å². The first-order valence-corrected chi connectivity index (χ1v) is 12.8. The van der Waals surface area contributed by atoms with Crippen LogP contribution >= 0.6 is 0 Å². The molecule has 2 rings (SSSR count). The van der Waals surface area contributed by atoms with E-state index in [1.807, 2.05) is 0 Å². The normalized spacial score (nSPS) is 16.5. The van der Waals surface area contributed by atoms with E-state index in [9.17, 15) is 24.6 Å². The first kappa shape index (κ1) is 29.2. The van der Waals surface area contributed by atoms with Gasteiger partial charge >= 0.3 is 5.97 Å². The summed E-state index contributed by atoms with van der Waals surface area (Å²) < 4.78 is 11.1. The van der Waals surface area contributed by atoms with Gasteiger partial charge in [-0.05, 0) is 50.7 Å². The predicted molar refractivity (Wildman–Crippen MR) is 135 cm³/mol. The number of hydrogen-bond donors (Lipinski definition) is 3. The maximum absolute atomic E-state index is 13.2. The molecule has 1 aromatic carbocycles. The molecule has 0 saturated carbocycles. The van der Waals surface area contributed by atoms with Gasteiger partial charge < -0.3 is 30.3 Å². The molecule has 2 unspecified atom stereocenters. The number of nitrogens with zero attached hydrogens (tertiary/aromatic N) is 1. The second-order valence-corrected chi connectivity index (χ2v) is 9.17. The lowest BCUT2D eigenvalue weighted by atomic mass is 10.0. The molecule has 0 fully saturated rings. The maximum atomic E-state index is 13.2. The average Bonchev–Trinajstić information content (AvgIpc) is 3.35. The van der Waals surface area contributed by atoms with E-state index in [1.54, 1.807) is 24.4 Å². The fourth-order valence-electron chi connectivity index (χ4n) is 4.31. The fourth-order valence-corrected chi connectivity index (χ4v) is 4.31. The maximum Gasteiger partial charge on any atom is 0.329 e. The number of aromatic hydroxyl groups is 1. The molecule has 0 spiro atoms. The van der Waals surface area contributed by atoms with Crippen LogP contribution in [0.1, 0.15) is 87.9 Å². The third-order valence-electron chi connectivity index (χ3n) is 6.40. The summed E-state index contributed by atoms with van der Waals surface area (Å²) in [5, 5.41) is 19.8. The molecular weight excluding hydrogens is 464 g/mol. The number of amides is 2. The van der Waals surface area contributed by atoms with Crippen LogP contribution in [0.25, 0.3) is 0 Å². The SMILES string of the molecule is CCCCCCC(CCCCCC(O)C(N)=O)OC(=O)[C@@H]1CC=CN1C(=O)c1c(O)cccc1OC. The van der Waals surface area contributed by atoms with Gasteiger partial charge in [0.05, 0.1) is 7.11 Å². The highest BCUT2D eigenvalue weighted by Gasteiger charge is 2.36. The van der Waals surface area contributed by atoms with Gasteiger partial charge in [0.25, 0.3) is 5.91 Å². The Kier molecular flexibility index (Phi) is 12.3. The molecule has 0 saturated heterocycles. The minimum atomic E-state index is -1.13. The highest BCUT2D eigenvalue weighted by Crippen LogP contribution is 2.31. The Hall–Kier alpha value is -3.07. The van der Waals surface area contributed by atoms with E-state index in [1.165, 1.54) is 18.1 Å². The lowest BCUT2D eigenvalue weighted by Crippen LogP contribution is -2.41. The molecule has 200 valence electrons. The summed E-state index contributed by atoms with van der Waals surface area (Å²) in [6, 6.07) is 3.74. The molecule has 4 N–H and O–H groups in total. The van der Waals surface area contributed by atoms with Crippen LogP contribution in [0.15, 0.2) is 30.5 Å². The van der Waals surface area contributed by atoms with Crippen molar-refractivity contribution in [2.75, 3.05) is 7.11 Å². The van der Waals surface area contributed by atoms with E-state index in [0.717, 1.165) is 44.9 Å². The Morgan fingerprint density at radius 2 is 1.75 bits per heavy atom. The van der Waals surface area contributed by atoms with E-state index >= 15 is 0 Å². The highest BCUT2D eigenvalue weighted by molar-refractivity contribution is 6.02. The summed E-state index contributed by atoms with van der Waals surface area (Å²) in [4.78, 5) is 38.6. The zero-order valence-electron chi connectivity index (χ0n) is 21.4. The number of nitrogens with two attached hydrogens (primary N) is 1. The largest absolute Gasteiger partial charge is 0.507 e. The monoisotopic (exact) mass is 504 g/mol. The minimum absolute atomic E-state index is 0.00128. The van der Waals surface area contributed by atoms with Gasteiger partial charge in [-0.15, -0.1) is 0 Å². The zero-order valence-corrected chi connectivity index (χ0v) is 21.4. The van der Waals surface area contributed by atoms with Gasteiger partial charge in [-0.1, -0.05) is 51.2 Å². The summed E-state index contributed by atoms with van der Waals surface area (Å²) in [7, 11) is 1.41. The second-order valence-electron chi connectivity index (χ2n) is 9.17. The van der Waals surface area contributed by atoms with Crippen molar-refractivity contribution in [3.63, 3.8) is 0 Å². The molecule has 0 aromatic heterocycles. The van der Waals surface area contributed by atoms with Gasteiger partial charge in [-0.2, -0.15) is 0 Å². The first-order chi connectivity index (χ1) is 17.3. The quantitative estimate of drug-likeness (QED) is 0.230. The number of hydrogen-bond acceptors (Lipinski definition) is 7. The van der Waals surface area contributed by atoms with Gasteiger partial charge in [-0.25, -0.2) is 4.79 Å². The molecule has 1 heterocycles. The Morgan fingerprint density at radius 1 is 1.08 bits per heavy atom. The number of carbonyl (C=O) groups is 3. The van der Waals surface area contributed by atoms with Gasteiger partial charge in [0.2, 0.25) is 5.91 Å². The van der Waals surface area contributed by atoms with Crippen LogP contribution in [0, 0.1) is 0 Å². The van der Waals surface area contributed by atoms with Crippen molar-refractivity contribution >= 4 is 17.8 Å². The summed E-state index contributed by atoms with van der Waals surface area (Å²) in [5.41, 5.74) is 5.09. The lowest BCUT2D eigenvalue weighted by Gasteiger charge is -2.26. The summed E-state index contributed by atoms with van der Waals surface area (Å²) in [6.45, 7) is 2.14. The molecule has 0 radical (unpaired) electrons. The van der Waals surface area contributed by atoms with E-state index in [-0.39, 0.29) is 23.2 Å². The zero-order chi connectivity index (χ0) is 26.5. The van der Waals surface area contributed by atoms with Crippen LogP contribution in [-0.2, 0) is 14.3 Å². The summed E-state index contributed by atoms with van der Waals surface area (Å²) >= 11 is 0. The smallest absolute Gasteiger partial charge is 0.329 e. The van der Waals surface area contributed by atoms with Crippen molar-refractivity contribution < 1.29 is 34.1 Å². The van der Waals surface area contributed by atoms with Gasteiger partial charge in [0, 0.05) is 6.20 Å². The lowest BCUT2D eigenvalue weighted by molar-refractivity contribution is -0.154. The van der Waals surface area contributed by atoms with Crippen LogP contribution in [-0.4, -0.2) is 58.3 Å². The molecule has 1 aliphatic heterocycles. The van der Waals surface area contributed by atoms with Crippen molar-refractivity contribution in [2.45, 2.75) is 95.8 Å². The molecule has 0 aliphatic carbocycles. The molecule has 1 aliphatic rings. The molecule has 9 heteroatoms. The van der Waals surface area contributed by atoms with E-state index < -0.39 is 29.9 Å². The Bertz CT molecular complexity index is 902. The number of esters is 1. The number of ether oxygens (including phenoxy) is 2. The molecule has 1 aromatic rings. The number of phenolic OH excluding ortho intramolecular Hbond substituents is 1. The molecule has 36 heavy (non-hydrogen) atoms. The molecule has 9 nitrogen and oxygen atoms in total.